The number of hydrogen-bond acceptors (Lipinski definition) is 5. The van der Waals surface area contributed by atoms with Crippen molar-refractivity contribution in [1.82, 2.24) is 0 Å². The normalized spacial score (nSPS) is 38.9. The summed E-state index contributed by atoms with van der Waals surface area (Å²) < 4.78 is 10.6. The van der Waals surface area contributed by atoms with E-state index in [4.69, 9.17) is 9.47 Å². The Labute approximate surface area is 137 Å². The Kier molecular flexibility index (Phi) is 4.03. The van der Waals surface area contributed by atoms with Gasteiger partial charge in [-0.1, -0.05) is 6.58 Å². The molecule has 4 aliphatic carbocycles. The van der Waals surface area contributed by atoms with Gasteiger partial charge in [0.05, 0.1) is 11.0 Å². The summed E-state index contributed by atoms with van der Waals surface area (Å²) in [6.07, 6.45) is 4.45. The molecule has 0 aromatic rings. The van der Waals surface area contributed by atoms with E-state index in [1.807, 2.05) is 0 Å². The molecule has 0 amide bonds. The molecule has 0 aliphatic heterocycles. The quantitative estimate of drug-likeness (QED) is 0.621. The highest BCUT2D eigenvalue weighted by atomic mass is 16.6. The van der Waals surface area contributed by atoms with Gasteiger partial charge in [-0.3, -0.25) is 4.79 Å². The van der Waals surface area contributed by atoms with Gasteiger partial charge in [0.25, 0.3) is 0 Å². The van der Waals surface area contributed by atoms with E-state index in [-0.39, 0.29) is 12.6 Å². The van der Waals surface area contributed by atoms with Crippen molar-refractivity contribution in [2.24, 2.45) is 17.3 Å². The number of hydrogen-bond donors (Lipinski definition) is 1. The lowest BCUT2D eigenvalue weighted by atomic mass is 9.48. The smallest absolute Gasteiger partial charge is 0.333 e. The summed E-state index contributed by atoms with van der Waals surface area (Å²) in [5, 5.41) is 10.7. The van der Waals surface area contributed by atoms with Gasteiger partial charge in [-0.2, -0.15) is 0 Å². The lowest BCUT2D eigenvalue weighted by Crippen LogP contribution is -2.58. The Hall–Kier alpha value is -1.36. The average Bonchev–Trinajstić information content (AvgIpc) is 2.41. The van der Waals surface area contributed by atoms with E-state index >= 15 is 0 Å². The Morgan fingerprint density at radius 1 is 1.26 bits per heavy atom. The number of ether oxygens (including phenoxy) is 2. The number of carbonyl (C=O) groups excluding carboxylic acids is 2. The Bertz CT molecular complexity index is 524. The maximum atomic E-state index is 12.7. The fraction of sp³-hybridized carbons (Fsp3) is 0.778. The summed E-state index contributed by atoms with van der Waals surface area (Å²) in [7, 11) is 0. The molecule has 0 spiro atoms. The molecule has 0 saturated heterocycles. The van der Waals surface area contributed by atoms with E-state index in [0.29, 0.717) is 23.8 Å². The zero-order chi connectivity index (χ0) is 16.8. The highest BCUT2D eigenvalue weighted by Crippen LogP contribution is 2.61. The van der Waals surface area contributed by atoms with Gasteiger partial charge < -0.3 is 14.6 Å². The molecule has 3 atom stereocenters. The van der Waals surface area contributed by atoms with Crippen LogP contribution in [0.2, 0.25) is 0 Å². The molecule has 5 nitrogen and oxygen atoms in total. The maximum absolute atomic E-state index is 12.7. The van der Waals surface area contributed by atoms with Crippen molar-refractivity contribution in [3.63, 3.8) is 0 Å². The number of rotatable bonds is 5. The van der Waals surface area contributed by atoms with Crippen LogP contribution in [0.4, 0.5) is 0 Å². The van der Waals surface area contributed by atoms with Gasteiger partial charge in [-0.05, 0) is 64.2 Å². The molecule has 128 valence electrons. The van der Waals surface area contributed by atoms with Crippen LogP contribution in [-0.2, 0) is 19.1 Å². The predicted octanol–water partition coefficient (Wildman–Crippen LogP) is 2.37. The predicted molar refractivity (Wildman–Crippen MR) is 83.4 cm³/mol. The van der Waals surface area contributed by atoms with Gasteiger partial charge in [0.1, 0.15) is 12.7 Å². The van der Waals surface area contributed by atoms with Crippen molar-refractivity contribution in [2.75, 3.05) is 6.61 Å². The zero-order valence-corrected chi connectivity index (χ0v) is 14.0. The van der Waals surface area contributed by atoms with E-state index < -0.39 is 23.1 Å². The highest BCUT2D eigenvalue weighted by Gasteiger charge is 2.60. The zero-order valence-electron chi connectivity index (χ0n) is 14.0. The second-order valence-electron chi connectivity index (χ2n) is 8.06. The van der Waals surface area contributed by atoms with Crippen LogP contribution in [0.3, 0.4) is 0 Å². The first-order valence-corrected chi connectivity index (χ1v) is 8.47. The summed E-state index contributed by atoms with van der Waals surface area (Å²) in [5.41, 5.74) is -0.885. The van der Waals surface area contributed by atoms with E-state index in [0.717, 1.165) is 32.1 Å². The van der Waals surface area contributed by atoms with Gasteiger partial charge in [-0.15, -0.1) is 0 Å². The SMILES string of the molecule is C=C(C)C(=O)OC(C)COC(=O)C12CC3CC(CC(O)(C3)C1)C2. The molecule has 3 unspecified atom stereocenters. The monoisotopic (exact) mass is 322 g/mol. The maximum Gasteiger partial charge on any atom is 0.333 e. The minimum Gasteiger partial charge on any atom is -0.461 e. The van der Waals surface area contributed by atoms with E-state index in [1.54, 1.807) is 13.8 Å². The van der Waals surface area contributed by atoms with Crippen LogP contribution in [-0.4, -0.2) is 35.4 Å². The van der Waals surface area contributed by atoms with Crippen molar-refractivity contribution in [2.45, 2.75) is 64.1 Å². The highest BCUT2D eigenvalue weighted by molar-refractivity contribution is 5.87. The van der Waals surface area contributed by atoms with Crippen molar-refractivity contribution in [3.8, 4) is 0 Å². The average molecular weight is 322 g/mol. The Balaban J connectivity index is 1.58. The van der Waals surface area contributed by atoms with Crippen molar-refractivity contribution in [3.05, 3.63) is 12.2 Å². The molecule has 4 bridgehead atoms. The number of aliphatic hydroxyl groups is 1. The molecule has 0 heterocycles. The molecule has 0 radical (unpaired) electrons. The van der Waals surface area contributed by atoms with Crippen LogP contribution in [0.25, 0.3) is 0 Å². The number of esters is 2. The lowest BCUT2D eigenvalue weighted by Gasteiger charge is -2.58. The molecule has 4 aliphatic rings. The van der Waals surface area contributed by atoms with Crippen LogP contribution in [0.5, 0.6) is 0 Å². The number of carbonyl (C=O) groups is 2. The minimum atomic E-state index is -0.679. The first-order valence-electron chi connectivity index (χ1n) is 8.47. The molecule has 4 rings (SSSR count). The molecule has 4 fully saturated rings. The van der Waals surface area contributed by atoms with Crippen molar-refractivity contribution in [1.29, 1.82) is 0 Å². The van der Waals surface area contributed by atoms with E-state index in [1.165, 1.54) is 0 Å². The Morgan fingerprint density at radius 2 is 1.87 bits per heavy atom. The molecular weight excluding hydrogens is 296 g/mol. The van der Waals surface area contributed by atoms with Crippen LogP contribution in [0.1, 0.15) is 52.4 Å². The largest absolute Gasteiger partial charge is 0.461 e. The molecule has 0 aromatic heterocycles. The summed E-state index contributed by atoms with van der Waals surface area (Å²) in [6, 6.07) is 0. The van der Waals surface area contributed by atoms with Crippen LogP contribution >= 0.6 is 0 Å². The van der Waals surface area contributed by atoms with Crippen LogP contribution < -0.4 is 0 Å². The van der Waals surface area contributed by atoms with Gasteiger partial charge in [0.2, 0.25) is 0 Å². The lowest BCUT2D eigenvalue weighted by molar-refractivity contribution is -0.198. The molecule has 0 aromatic carbocycles. The molecule has 1 N–H and O–H groups in total. The van der Waals surface area contributed by atoms with Crippen LogP contribution in [0, 0.1) is 17.3 Å². The fourth-order valence-corrected chi connectivity index (χ4v) is 5.12. The first kappa shape index (κ1) is 16.5. The van der Waals surface area contributed by atoms with Crippen molar-refractivity contribution < 1.29 is 24.2 Å². The third-order valence-electron chi connectivity index (χ3n) is 5.57. The minimum absolute atomic E-state index is 0.0490. The summed E-state index contributed by atoms with van der Waals surface area (Å²) in [4.78, 5) is 24.1. The van der Waals surface area contributed by atoms with E-state index in [9.17, 15) is 14.7 Å². The molecular formula is C18H26O5. The fourth-order valence-electron chi connectivity index (χ4n) is 5.12. The topological polar surface area (TPSA) is 72.8 Å². The second kappa shape index (κ2) is 5.62. The third-order valence-corrected chi connectivity index (χ3v) is 5.57. The van der Waals surface area contributed by atoms with Crippen molar-refractivity contribution >= 4 is 11.9 Å². The third kappa shape index (κ3) is 3.16. The summed E-state index contributed by atoms with van der Waals surface area (Å²) >= 11 is 0. The van der Waals surface area contributed by atoms with Gasteiger partial charge in [0, 0.05) is 5.57 Å². The summed E-state index contributed by atoms with van der Waals surface area (Å²) in [5.74, 6) is 0.167. The van der Waals surface area contributed by atoms with Crippen LogP contribution in [0.15, 0.2) is 12.2 Å². The van der Waals surface area contributed by atoms with Gasteiger partial charge in [0.15, 0.2) is 0 Å². The van der Waals surface area contributed by atoms with E-state index in [2.05, 4.69) is 6.58 Å². The van der Waals surface area contributed by atoms with Gasteiger partial charge in [-0.25, -0.2) is 4.79 Å². The standard InChI is InChI=1S/C18H26O5/c1-11(2)15(19)23-12(3)9-22-16(20)17-5-13-4-14(6-17)8-18(21,7-13)10-17/h12-14,21H,1,4-10H2,2-3H3. The molecule has 5 heteroatoms. The summed E-state index contributed by atoms with van der Waals surface area (Å²) in [6.45, 7) is 6.85. The second-order valence-corrected chi connectivity index (χ2v) is 8.06. The molecule has 4 saturated carbocycles. The molecule has 23 heavy (non-hydrogen) atoms. The first-order chi connectivity index (χ1) is 10.7. The Morgan fingerprint density at radius 3 is 2.39 bits per heavy atom. The van der Waals surface area contributed by atoms with Gasteiger partial charge >= 0.3 is 11.9 Å².